The Morgan fingerprint density at radius 1 is 1.33 bits per heavy atom. The summed E-state index contributed by atoms with van der Waals surface area (Å²) in [6, 6.07) is 8.35. The highest BCUT2D eigenvalue weighted by molar-refractivity contribution is 9.10. The predicted octanol–water partition coefficient (Wildman–Crippen LogP) is 3.88. The van der Waals surface area contributed by atoms with Crippen LogP contribution in [-0.2, 0) is 11.2 Å². The normalized spacial score (nSPS) is 12.7. The fourth-order valence-electron chi connectivity index (χ4n) is 1.40. The molecule has 0 aromatic heterocycles. The Morgan fingerprint density at radius 2 is 2.00 bits per heavy atom. The summed E-state index contributed by atoms with van der Waals surface area (Å²) in [5.41, 5.74) is 1.31. The average Bonchev–Trinajstić information content (AvgIpc) is 2.27. The molecule has 0 N–H and O–H groups in total. The van der Waals surface area contributed by atoms with Gasteiger partial charge >= 0.3 is 0 Å². The molecule has 1 aromatic rings. The van der Waals surface area contributed by atoms with Crippen LogP contribution < -0.4 is 0 Å². The fourth-order valence-corrected chi connectivity index (χ4v) is 1.86. The van der Waals surface area contributed by atoms with Crippen LogP contribution in [0.3, 0.4) is 0 Å². The van der Waals surface area contributed by atoms with Gasteiger partial charge in [-0.05, 0) is 37.0 Å². The molecule has 0 radical (unpaired) electrons. The monoisotopic (exact) mass is 290 g/mol. The van der Waals surface area contributed by atoms with E-state index in [4.69, 9.17) is 16.3 Å². The number of alkyl halides is 1. The SMILES string of the molecule is CCOCC(CCl)Cc1ccc(Br)cc1. The summed E-state index contributed by atoms with van der Waals surface area (Å²) in [6.45, 7) is 3.51. The quantitative estimate of drug-likeness (QED) is 0.723. The minimum Gasteiger partial charge on any atom is -0.381 e. The van der Waals surface area contributed by atoms with Crippen molar-refractivity contribution in [2.24, 2.45) is 5.92 Å². The first-order chi connectivity index (χ1) is 7.26. The van der Waals surface area contributed by atoms with Gasteiger partial charge in [0.2, 0.25) is 0 Å². The summed E-state index contributed by atoms with van der Waals surface area (Å²) in [7, 11) is 0. The van der Waals surface area contributed by atoms with Gasteiger partial charge in [-0.1, -0.05) is 28.1 Å². The van der Waals surface area contributed by atoms with Gasteiger partial charge in [-0.3, -0.25) is 0 Å². The van der Waals surface area contributed by atoms with Gasteiger partial charge in [0.05, 0.1) is 6.61 Å². The average molecular weight is 292 g/mol. The maximum Gasteiger partial charge on any atom is 0.0508 e. The molecule has 0 heterocycles. The Bertz CT molecular complexity index is 273. The zero-order valence-electron chi connectivity index (χ0n) is 8.88. The number of ether oxygens (including phenoxy) is 1. The molecule has 1 aromatic carbocycles. The van der Waals surface area contributed by atoms with Crippen molar-refractivity contribution in [3.05, 3.63) is 34.3 Å². The van der Waals surface area contributed by atoms with E-state index >= 15 is 0 Å². The van der Waals surface area contributed by atoms with Crippen LogP contribution in [0.5, 0.6) is 0 Å². The molecule has 1 unspecified atom stereocenters. The maximum absolute atomic E-state index is 5.90. The van der Waals surface area contributed by atoms with E-state index < -0.39 is 0 Å². The van der Waals surface area contributed by atoms with E-state index in [0.717, 1.165) is 24.1 Å². The molecule has 84 valence electrons. The summed E-state index contributed by atoms with van der Waals surface area (Å²) in [4.78, 5) is 0. The highest BCUT2D eigenvalue weighted by Gasteiger charge is 2.08. The largest absolute Gasteiger partial charge is 0.381 e. The molecule has 0 bridgehead atoms. The Hall–Kier alpha value is -0.0500. The zero-order chi connectivity index (χ0) is 11.1. The number of hydrogen-bond acceptors (Lipinski definition) is 1. The van der Waals surface area contributed by atoms with Gasteiger partial charge in [0, 0.05) is 17.0 Å². The lowest BCUT2D eigenvalue weighted by Crippen LogP contribution is -2.14. The second kappa shape index (κ2) is 7.26. The standard InChI is InChI=1S/C12H16BrClO/c1-2-15-9-11(8-14)7-10-3-5-12(13)6-4-10/h3-6,11H,2,7-9H2,1H3. The van der Waals surface area contributed by atoms with E-state index in [2.05, 4.69) is 40.2 Å². The van der Waals surface area contributed by atoms with Gasteiger partial charge in [0.15, 0.2) is 0 Å². The van der Waals surface area contributed by atoms with E-state index in [1.165, 1.54) is 5.56 Å². The second-order valence-corrected chi connectivity index (χ2v) is 4.73. The molecule has 0 aliphatic carbocycles. The second-order valence-electron chi connectivity index (χ2n) is 3.51. The van der Waals surface area contributed by atoms with Crippen LogP contribution in [0.1, 0.15) is 12.5 Å². The number of hydrogen-bond donors (Lipinski definition) is 0. The number of benzene rings is 1. The molecule has 1 atom stereocenters. The maximum atomic E-state index is 5.90. The summed E-state index contributed by atoms with van der Waals surface area (Å²) >= 11 is 9.32. The number of halogens is 2. The summed E-state index contributed by atoms with van der Waals surface area (Å²) < 4.78 is 6.50. The minimum atomic E-state index is 0.410. The van der Waals surface area contributed by atoms with E-state index in [0.29, 0.717) is 11.8 Å². The van der Waals surface area contributed by atoms with Crippen molar-refractivity contribution < 1.29 is 4.74 Å². The third-order valence-corrected chi connectivity index (χ3v) is 3.18. The third kappa shape index (κ3) is 5.01. The van der Waals surface area contributed by atoms with Crippen molar-refractivity contribution in [1.82, 2.24) is 0 Å². The lowest BCUT2D eigenvalue weighted by Gasteiger charge is -2.13. The van der Waals surface area contributed by atoms with Gasteiger partial charge in [0.25, 0.3) is 0 Å². The van der Waals surface area contributed by atoms with Crippen molar-refractivity contribution in [3.8, 4) is 0 Å². The first-order valence-corrected chi connectivity index (χ1v) is 6.47. The highest BCUT2D eigenvalue weighted by atomic mass is 79.9. The van der Waals surface area contributed by atoms with Crippen LogP contribution >= 0.6 is 27.5 Å². The molecule has 0 saturated carbocycles. The van der Waals surface area contributed by atoms with Crippen LogP contribution in [0.4, 0.5) is 0 Å². The molecular formula is C12H16BrClO. The Balaban J connectivity index is 2.47. The molecule has 3 heteroatoms. The van der Waals surface area contributed by atoms with Gasteiger partial charge in [-0.15, -0.1) is 11.6 Å². The van der Waals surface area contributed by atoms with Crippen LogP contribution in [0.25, 0.3) is 0 Å². The summed E-state index contributed by atoms with van der Waals surface area (Å²) in [6.07, 6.45) is 0.983. The molecule has 0 aliphatic heterocycles. The van der Waals surface area contributed by atoms with Crippen molar-refractivity contribution in [1.29, 1.82) is 0 Å². The van der Waals surface area contributed by atoms with Crippen LogP contribution in [0.2, 0.25) is 0 Å². The molecule has 0 fully saturated rings. The van der Waals surface area contributed by atoms with Gasteiger partial charge in [-0.2, -0.15) is 0 Å². The van der Waals surface area contributed by atoms with E-state index in [1.54, 1.807) is 0 Å². The molecule has 0 saturated heterocycles. The molecule has 0 amide bonds. The van der Waals surface area contributed by atoms with Crippen LogP contribution in [0.15, 0.2) is 28.7 Å². The third-order valence-electron chi connectivity index (χ3n) is 2.21. The van der Waals surface area contributed by atoms with Crippen LogP contribution in [-0.4, -0.2) is 19.1 Å². The van der Waals surface area contributed by atoms with Crippen molar-refractivity contribution in [3.63, 3.8) is 0 Å². The highest BCUT2D eigenvalue weighted by Crippen LogP contribution is 2.15. The zero-order valence-corrected chi connectivity index (χ0v) is 11.2. The van der Waals surface area contributed by atoms with Gasteiger partial charge in [-0.25, -0.2) is 0 Å². The number of rotatable bonds is 6. The Labute approximate surface area is 105 Å². The Kier molecular flexibility index (Phi) is 6.30. The predicted molar refractivity (Wildman–Crippen MR) is 68.5 cm³/mol. The van der Waals surface area contributed by atoms with Gasteiger partial charge < -0.3 is 4.74 Å². The van der Waals surface area contributed by atoms with Crippen molar-refractivity contribution in [2.45, 2.75) is 13.3 Å². The molecule has 0 spiro atoms. The van der Waals surface area contributed by atoms with E-state index in [9.17, 15) is 0 Å². The van der Waals surface area contributed by atoms with E-state index in [-0.39, 0.29) is 0 Å². The lowest BCUT2D eigenvalue weighted by atomic mass is 10.0. The topological polar surface area (TPSA) is 9.23 Å². The van der Waals surface area contributed by atoms with Crippen molar-refractivity contribution >= 4 is 27.5 Å². The molecular weight excluding hydrogens is 275 g/mol. The minimum absolute atomic E-state index is 0.410. The molecule has 1 rings (SSSR count). The summed E-state index contributed by atoms with van der Waals surface area (Å²) in [5, 5.41) is 0. The van der Waals surface area contributed by atoms with Crippen LogP contribution in [0, 0.1) is 5.92 Å². The molecule has 1 nitrogen and oxygen atoms in total. The fraction of sp³-hybridized carbons (Fsp3) is 0.500. The van der Waals surface area contributed by atoms with Crippen molar-refractivity contribution in [2.75, 3.05) is 19.1 Å². The molecule has 0 aliphatic rings. The first-order valence-electron chi connectivity index (χ1n) is 5.14. The first kappa shape index (κ1) is 13.0. The lowest BCUT2D eigenvalue weighted by molar-refractivity contribution is 0.117. The van der Waals surface area contributed by atoms with E-state index in [1.807, 2.05) is 6.92 Å². The molecule has 15 heavy (non-hydrogen) atoms. The smallest absolute Gasteiger partial charge is 0.0508 e. The summed E-state index contributed by atoms with van der Waals surface area (Å²) in [5.74, 6) is 1.06. The van der Waals surface area contributed by atoms with Gasteiger partial charge in [0.1, 0.15) is 0 Å². The Morgan fingerprint density at radius 3 is 2.53 bits per heavy atom.